The molecule has 0 bridgehead atoms. The van der Waals surface area contributed by atoms with Crippen LogP contribution in [0.15, 0.2) is 30.3 Å². The van der Waals surface area contributed by atoms with Gasteiger partial charge in [-0.1, -0.05) is 0 Å². The molecule has 2 aliphatic carbocycles. The molecule has 3 heteroatoms. The van der Waals surface area contributed by atoms with Crippen LogP contribution in [0.1, 0.15) is 86.5 Å². The number of ether oxygens (including phenoxy) is 1. The fourth-order valence-corrected chi connectivity index (χ4v) is 31.2. The first kappa shape index (κ1) is 27.1. The molecular weight excluding hydrogens is 511 g/mol. The van der Waals surface area contributed by atoms with Crippen LogP contribution in [-0.2, 0) is 9.53 Å². The summed E-state index contributed by atoms with van der Waals surface area (Å²) in [6, 6.07) is 11.7. The van der Waals surface area contributed by atoms with Crippen LogP contribution >= 0.6 is 0 Å². The van der Waals surface area contributed by atoms with Crippen LogP contribution in [-0.4, -0.2) is 31.5 Å². The second-order valence-corrected chi connectivity index (χ2v) is 25.6. The van der Waals surface area contributed by atoms with Crippen molar-refractivity contribution in [1.29, 1.82) is 0 Å². The summed E-state index contributed by atoms with van der Waals surface area (Å²) in [5.41, 5.74) is 0. The van der Waals surface area contributed by atoms with Gasteiger partial charge in [0.05, 0.1) is 0 Å². The second-order valence-electron chi connectivity index (χ2n) is 12.3. The van der Waals surface area contributed by atoms with Gasteiger partial charge in [-0.05, 0) is 0 Å². The van der Waals surface area contributed by atoms with Crippen LogP contribution in [0.5, 0.6) is 0 Å². The summed E-state index contributed by atoms with van der Waals surface area (Å²) in [6.45, 7) is 14.9. The van der Waals surface area contributed by atoms with E-state index in [9.17, 15) is 4.79 Å². The number of benzene rings is 1. The van der Waals surface area contributed by atoms with Crippen LogP contribution in [0.25, 0.3) is 0 Å². The van der Waals surface area contributed by atoms with E-state index in [-0.39, 0.29) is 5.97 Å². The minimum atomic E-state index is -3.17. The van der Waals surface area contributed by atoms with Crippen molar-refractivity contribution in [1.82, 2.24) is 0 Å². The van der Waals surface area contributed by atoms with E-state index in [1.165, 1.54) is 38.5 Å². The molecule has 0 amide bonds. The number of esters is 1. The van der Waals surface area contributed by atoms with E-state index in [0.29, 0.717) is 6.42 Å². The molecule has 0 N–H and O–H groups in total. The van der Waals surface area contributed by atoms with Crippen LogP contribution in [0.3, 0.4) is 0 Å². The Kier molecular flexibility index (Phi) is 9.81. The van der Waals surface area contributed by atoms with Crippen molar-refractivity contribution in [3.8, 4) is 0 Å². The van der Waals surface area contributed by atoms with E-state index >= 15 is 0 Å². The molecule has 0 unspecified atom stereocenters. The maximum absolute atomic E-state index is 12.6. The average molecular weight is 561 g/mol. The first-order valence-corrected chi connectivity index (χ1v) is 20.6. The van der Waals surface area contributed by atoms with Crippen LogP contribution in [0.4, 0.5) is 0 Å². The van der Waals surface area contributed by atoms with E-state index in [2.05, 4.69) is 71.9 Å². The monoisotopic (exact) mass is 562 g/mol. The summed E-state index contributed by atoms with van der Waals surface area (Å²) in [6.07, 6.45) is 8.88. The van der Waals surface area contributed by atoms with Gasteiger partial charge in [-0.3, -0.25) is 0 Å². The van der Waals surface area contributed by atoms with Gasteiger partial charge in [0.15, 0.2) is 0 Å². The molecular formula is C30H50O2Sn. The third kappa shape index (κ3) is 6.01. The summed E-state index contributed by atoms with van der Waals surface area (Å²) < 4.78 is 9.72. The summed E-state index contributed by atoms with van der Waals surface area (Å²) in [5, 5.41) is 0. The quantitative estimate of drug-likeness (QED) is 0.239. The van der Waals surface area contributed by atoms with Gasteiger partial charge < -0.3 is 0 Å². The average Bonchev–Trinajstić information content (AvgIpc) is 2.79. The zero-order chi connectivity index (χ0) is 24.2. The molecule has 2 saturated carbocycles. The number of hydrogen-bond donors (Lipinski definition) is 0. The summed E-state index contributed by atoms with van der Waals surface area (Å²) in [7, 11) is 1.57. The Morgan fingerprint density at radius 2 is 1.36 bits per heavy atom. The first-order chi connectivity index (χ1) is 15.7. The van der Waals surface area contributed by atoms with Gasteiger partial charge in [-0.25, -0.2) is 0 Å². The molecule has 33 heavy (non-hydrogen) atoms. The molecule has 6 atom stereocenters. The molecule has 3 rings (SSSR count). The zero-order valence-corrected chi connectivity index (χ0v) is 25.3. The van der Waals surface area contributed by atoms with Crippen molar-refractivity contribution in [3.63, 3.8) is 0 Å². The predicted molar refractivity (Wildman–Crippen MR) is 143 cm³/mol. The molecule has 0 aromatic heterocycles. The van der Waals surface area contributed by atoms with Crippen molar-refractivity contribution in [3.05, 3.63) is 30.3 Å². The van der Waals surface area contributed by atoms with Crippen LogP contribution in [0, 0.1) is 35.5 Å². The maximum atomic E-state index is 12.6. The van der Waals surface area contributed by atoms with Gasteiger partial charge in [0.1, 0.15) is 0 Å². The van der Waals surface area contributed by atoms with Crippen molar-refractivity contribution in [2.45, 2.75) is 98.8 Å². The Labute approximate surface area is 208 Å². The number of hydrogen-bond acceptors (Lipinski definition) is 2. The minimum absolute atomic E-state index is 0.00177. The van der Waals surface area contributed by atoms with Crippen molar-refractivity contribution >= 4 is 27.9 Å². The molecule has 2 fully saturated rings. The predicted octanol–water partition coefficient (Wildman–Crippen LogP) is 7.83. The Morgan fingerprint density at radius 3 is 1.79 bits per heavy atom. The molecule has 2 nitrogen and oxygen atoms in total. The van der Waals surface area contributed by atoms with Crippen LogP contribution in [0.2, 0.25) is 12.3 Å². The molecule has 186 valence electrons. The molecule has 2 aliphatic rings. The van der Waals surface area contributed by atoms with E-state index in [4.69, 9.17) is 4.74 Å². The summed E-state index contributed by atoms with van der Waals surface area (Å²) in [4.78, 5) is 12.6. The summed E-state index contributed by atoms with van der Waals surface area (Å²) in [5.74, 6) is 4.67. The fourth-order valence-electron chi connectivity index (χ4n) is 7.97. The molecule has 0 radical (unpaired) electrons. The SMILES string of the molecule is COC(=O)C[CH2][Sn]([c]1ccccc1)([C@@H]1C[C@H](C)CC[C@H]1C(C)C)[C@@H]1C[C@H](C)CC[C@H]1C(C)C. The Balaban J connectivity index is 2.23. The first-order valence-electron chi connectivity index (χ1n) is 13.8. The number of carbonyl (C=O) groups is 1. The second kappa shape index (κ2) is 12.0. The normalized spacial score (nSPS) is 31.1. The molecule has 0 aliphatic heterocycles. The standard InChI is InChI=1S/2C10H19.C6H5.C4H7O2.Sn/c2*1-8(2)10-6-4-9(3)5-7-10;1-2-4-6-5-3-1;1-3-4(5)6-2;/h2*6,8-10H,4-5,7H2,1-3H3;1-5H;1,3H2,2H3;/t2*9-,10-;;;/m00.../s1. The number of rotatable bonds is 8. The van der Waals surface area contributed by atoms with Crippen molar-refractivity contribution in [2.75, 3.05) is 7.11 Å². The van der Waals surface area contributed by atoms with Gasteiger partial charge >= 0.3 is 209 Å². The topological polar surface area (TPSA) is 26.3 Å². The van der Waals surface area contributed by atoms with E-state index in [1.54, 1.807) is 10.7 Å². The zero-order valence-electron chi connectivity index (χ0n) is 22.5. The number of carbonyl (C=O) groups excluding carboxylic acids is 1. The van der Waals surface area contributed by atoms with Gasteiger partial charge in [0.25, 0.3) is 0 Å². The van der Waals surface area contributed by atoms with E-state index < -0.39 is 18.4 Å². The van der Waals surface area contributed by atoms with Crippen LogP contribution < -0.4 is 3.58 Å². The third-order valence-electron chi connectivity index (χ3n) is 9.65. The van der Waals surface area contributed by atoms with Crippen molar-refractivity contribution in [2.24, 2.45) is 35.5 Å². The Hall–Kier alpha value is -0.511. The van der Waals surface area contributed by atoms with E-state index in [1.807, 2.05) is 0 Å². The molecule has 0 saturated heterocycles. The Bertz CT molecular complexity index is 711. The van der Waals surface area contributed by atoms with Gasteiger partial charge in [0.2, 0.25) is 0 Å². The fraction of sp³-hybridized carbons (Fsp3) is 0.767. The molecule has 0 heterocycles. The van der Waals surface area contributed by atoms with Gasteiger partial charge in [-0.15, -0.1) is 0 Å². The molecule has 0 spiro atoms. The number of methoxy groups -OCH3 is 1. The third-order valence-corrected chi connectivity index (χ3v) is 28.1. The Morgan fingerprint density at radius 1 is 0.879 bits per heavy atom. The van der Waals surface area contributed by atoms with Crippen molar-refractivity contribution < 1.29 is 9.53 Å². The van der Waals surface area contributed by atoms with Gasteiger partial charge in [0, 0.05) is 0 Å². The van der Waals surface area contributed by atoms with E-state index in [0.717, 1.165) is 47.8 Å². The molecule has 1 aromatic rings. The summed E-state index contributed by atoms with van der Waals surface area (Å²) >= 11 is -3.17. The van der Waals surface area contributed by atoms with Gasteiger partial charge in [-0.2, -0.15) is 0 Å². The molecule has 1 aromatic carbocycles.